The largest absolute Gasteiger partial charge is 0.382 e. The van der Waals surface area contributed by atoms with Crippen molar-refractivity contribution >= 4 is 23.0 Å². The van der Waals surface area contributed by atoms with Gasteiger partial charge >= 0.3 is 0 Å². The second-order valence-corrected chi connectivity index (χ2v) is 5.23. The van der Waals surface area contributed by atoms with Crippen molar-refractivity contribution in [1.29, 1.82) is 0 Å². The first-order chi connectivity index (χ1) is 9.70. The van der Waals surface area contributed by atoms with Crippen molar-refractivity contribution in [2.45, 2.75) is 13.8 Å². The Balaban J connectivity index is 1.91. The van der Waals surface area contributed by atoms with E-state index in [1.54, 1.807) is 0 Å². The lowest BCUT2D eigenvalue weighted by Crippen LogP contribution is -2.28. The van der Waals surface area contributed by atoms with E-state index < -0.39 is 0 Å². The van der Waals surface area contributed by atoms with Gasteiger partial charge in [-0.2, -0.15) is 0 Å². The van der Waals surface area contributed by atoms with Gasteiger partial charge in [0, 0.05) is 25.3 Å². The van der Waals surface area contributed by atoms with Crippen LogP contribution < -0.4 is 10.2 Å². The predicted molar refractivity (Wildman–Crippen MR) is 89.0 cm³/mol. The van der Waals surface area contributed by atoms with E-state index in [1.807, 2.05) is 24.3 Å². The number of nitrogens with zero attached hydrogens (tertiary/aromatic N) is 1. The molecule has 0 fully saturated rings. The Morgan fingerprint density at radius 3 is 2.40 bits per heavy atom. The molecule has 0 aliphatic carbocycles. The summed E-state index contributed by atoms with van der Waals surface area (Å²) in [5.41, 5.74) is 3.55. The Bertz CT molecular complexity index is 537. The molecule has 0 aliphatic rings. The van der Waals surface area contributed by atoms with Crippen LogP contribution in [0.25, 0.3) is 0 Å². The number of rotatable bonds is 6. The van der Waals surface area contributed by atoms with E-state index in [4.69, 9.17) is 11.6 Å². The van der Waals surface area contributed by atoms with Gasteiger partial charge in [0.15, 0.2) is 0 Å². The summed E-state index contributed by atoms with van der Waals surface area (Å²) in [5, 5.41) is 4.15. The summed E-state index contributed by atoms with van der Waals surface area (Å²) in [7, 11) is 0. The van der Waals surface area contributed by atoms with E-state index >= 15 is 0 Å². The molecule has 0 atom stereocenters. The number of hydrogen-bond acceptors (Lipinski definition) is 2. The van der Waals surface area contributed by atoms with E-state index in [1.165, 1.54) is 11.3 Å². The Morgan fingerprint density at radius 2 is 1.75 bits per heavy atom. The van der Waals surface area contributed by atoms with Gasteiger partial charge in [-0.1, -0.05) is 41.4 Å². The predicted octanol–water partition coefficient (Wildman–Crippen LogP) is 4.59. The summed E-state index contributed by atoms with van der Waals surface area (Å²) in [6, 6.07) is 16.5. The molecule has 0 heterocycles. The lowest BCUT2D eigenvalue weighted by molar-refractivity contribution is 0.835. The van der Waals surface area contributed by atoms with Crippen molar-refractivity contribution in [3.8, 4) is 0 Å². The Kier molecular flexibility index (Phi) is 5.31. The van der Waals surface area contributed by atoms with Crippen molar-refractivity contribution in [1.82, 2.24) is 0 Å². The maximum absolute atomic E-state index is 6.13. The van der Waals surface area contributed by atoms with Gasteiger partial charge in [0.05, 0.1) is 10.7 Å². The maximum atomic E-state index is 6.13. The topological polar surface area (TPSA) is 15.3 Å². The molecule has 2 aromatic rings. The highest BCUT2D eigenvalue weighted by Crippen LogP contribution is 2.20. The van der Waals surface area contributed by atoms with E-state index in [0.717, 1.165) is 30.3 Å². The molecule has 0 unspecified atom stereocenters. The first-order valence-corrected chi connectivity index (χ1v) is 7.38. The summed E-state index contributed by atoms with van der Waals surface area (Å²) in [4.78, 5) is 2.35. The van der Waals surface area contributed by atoms with Crippen LogP contribution in [0.1, 0.15) is 12.5 Å². The van der Waals surface area contributed by atoms with E-state index in [0.29, 0.717) is 0 Å². The molecule has 0 saturated heterocycles. The fourth-order valence-electron chi connectivity index (χ4n) is 2.16. The van der Waals surface area contributed by atoms with Gasteiger partial charge in [-0.25, -0.2) is 0 Å². The van der Waals surface area contributed by atoms with Crippen molar-refractivity contribution in [3.63, 3.8) is 0 Å². The van der Waals surface area contributed by atoms with Crippen molar-refractivity contribution < 1.29 is 0 Å². The van der Waals surface area contributed by atoms with Gasteiger partial charge in [0.2, 0.25) is 0 Å². The van der Waals surface area contributed by atoms with Crippen molar-refractivity contribution in [3.05, 3.63) is 59.1 Å². The summed E-state index contributed by atoms with van der Waals surface area (Å²) in [5.74, 6) is 0. The highest BCUT2D eigenvalue weighted by Gasteiger charge is 2.04. The van der Waals surface area contributed by atoms with Crippen LogP contribution in [0.3, 0.4) is 0 Å². The monoisotopic (exact) mass is 288 g/mol. The van der Waals surface area contributed by atoms with Gasteiger partial charge in [0.1, 0.15) is 0 Å². The quantitative estimate of drug-likeness (QED) is 0.836. The molecule has 0 saturated carbocycles. The van der Waals surface area contributed by atoms with Crippen LogP contribution in [0.5, 0.6) is 0 Å². The second-order valence-electron chi connectivity index (χ2n) is 4.82. The summed E-state index contributed by atoms with van der Waals surface area (Å²) >= 11 is 6.13. The van der Waals surface area contributed by atoms with Gasteiger partial charge in [-0.15, -0.1) is 0 Å². The maximum Gasteiger partial charge on any atom is 0.0637 e. The minimum Gasteiger partial charge on any atom is -0.382 e. The zero-order chi connectivity index (χ0) is 14.4. The molecule has 2 aromatic carbocycles. The minimum atomic E-state index is 0.769. The Labute approximate surface area is 126 Å². The average Bonchev–Trinajstić information content (AvgIpc) is 2.47. The number of aryl methyl sites for hydroxylation is 1. The molecule has 0 aliphatic heterocycles. The number of hydrogen-bond donors (Lipinski definition) is 1. The number of para-hydroxylation sites is 1. The molecule has 106 valence electrons. The zero-order valence-electron chi connectivity index (χ0n) is 12.1. The van der Waals surface area contributed by atoms with Crippen molar-refractivity contribution in [2.75, 3.05) is 29.9 Å². The summed E-state index contributed by atoms with van der Waals surface area (Å²) in [6.07, 6.45) is 0. The van der Waals surface area contributed by atoms with Crippen LogP contribution in [0, 0.1) is 6.92 Å². The molecule has 0 aromatic heterocycles. The van der Waals surface area contributed by atoms with Crippen LogP contribution >= 0.6 is 11.6 Å². The van der Waals surface area contributed by atoms with E-state index in [2.05, 4.69) is 48.3 Å². The molecule has 0 radical (unpaired) electrons. The third-order valence-electron chi connectivity index (χ3n) is 3.35. The van der Waals surface area contributed by atoms with E-state index in [-0.39, 0.29) is 0 Å². The zero-order valence-corrected chi connectivity index (χ0v) is 12.8. The van der Waals surface area contributed by atoms with Crippen LogP contribution in [0.2, 0.25) is 5.02 Å². The fraction of sp³-hybridized carbons (Fsp3) is 0.294. The van der Waals surface area contributed by atoms with Crippen molar-refractivity contribution in [2.24, 2.45) is 0 Å². The second kappa shape index (κ2) is 7.20. The van der Waals surface area contributed by atoms with Gasteiger partial charge in [-0.05, 0) is 38.1 Å². The molecule has 3 heteroatoms. The lowest BCUT2D eigenvalue weighted by atomic mass is 10.2. The van der Waals surface area contributed by atoms with Crippen LogP contribution in [-0.4, -0.2) is 19.6 Å². The Hall–Kier alpha value is -1.67. The molecule has 0 bridgehead atoms. The van der Waals surface area contributed by atoms with Gasteiger partial charge in [-0.3, -0.25) is 0 Å². The molecule has 2 rings (SSSR count). The molecule has 20 heavy (non-hydrogen) atoms. The number of likely N-dealkylation sites (N-methyl/N-ethyl adjacent to an activating group) is 1. The lowest BCUT2D eigenvalue weighted by Gasteiger charge is -2.23. The summed E-state index contributed by atoms with van der Waals surface area (Å²) in [6.45, 7) is 7.10. The SMILES string of the molecule is CCN(CCNc1ccccc1Cl)c1ccc(C)cc1. The highest BCUT2D eigenvalue weighted by molar-refractivity contribution is 6.33. The first kappa shape index (κ1) is 14.7. The molecule has 2 nitrogen and oxygen atoms in total. The third kappa shape index (κ3) is 3.91. The van der Waals surface area contributed by atoms with Crippen LogP contribution in [0.15, 0.2) is 48.5 Å². The Morgan fingerprint density at radius 1 is 1.05 bits per heavy atom. The molecular formula is C17H21ClN2. The highest BCUT2D eigenvalue weighted by atomic mass is 35.5. The number of nitrogens with one attached hydrogen (secondary N) is 1. The number of anilines is 2. The summed E-state index contributed by atoms with van der Waals surface area (Å²) < 4.78 is 0. The average molecular weight is 289 g/mol. The van der Waals surface area contributed by atoms with Crippen LogP contribution in [-0.2, 0) is 0 Å². The molecule has 1 N–H and O–H groups in total. The first-order valence-electron chi connectivity index (χ1n) is 7.00. The normalized spacial score (nSPS) is 10.3. The standard InChI is InChI=1S/C17H21ClN2/c1-3-20(15-10-8-14(2)9-11-15)13-12-19-17-7-5-4-6-16(17)18/h4-11,19H,3,12-13H2,1-2H3. The molecule has 0 spiro atoms. The minimum absolute atomic E-state index is 0.769. The fourth-order valence-corrected chi connectivity index (χ4v) is 2.36. The number of benzene rings is 2. The molecular weight excluding hydrogens is 268 g/mol. The number of halogens is 1. The third-order valence-corrected chi connectivity index (χ3v) is 3.68. The van der Waals surface area contributed by atoms with Crippen LogP contribution in [0.4, 0.5) is 11.4 Å². The smallest absolute Gasteiger partial charge is 0.0637 e. The molecule has 0 amide bonds. The van der Waals surface area contributed by atoms with Gasteiger partial charge < -0.3 is 10.2 Å². The van der Waals surface area contributed by atoms with E-state index in [9.17, 15) is 0 Å². The van der Waals surface area contributed by atoms with Gasteiger partial charge in [0.25, 0.3) is 0 Å².